The summed E-state index contributed by atoms with van der Waals surface area (Å²) >= 11 is 0. The van der Waals surface area contributed by atoms with Crippen LogP contribution in [0, 0.1) is 11.8 Å². The van der Waals surface area contributed by atoms with Gasteiger partial charge in [-0.3, -0.25) is 14.4 Å². The lowest BCUT2D eigenvalue weighted by Crippen LogP contribution is -2.58. The fraction of sp³-hybridized carbons (Fsp3) is 0.720. The Hall–Kier alpha value is -2.19. The molecule has 4 aliphatic heterocycles. The fourth-order valence-corrected chi connectivity index (χ4v) is 5.90. The van der Waals surface area contributed by atoms with Gasteiger partial charge in [0.1, 0.15) is 11.6 Å². The minimum atomic E-state index is -1.17. The highest BCUT2D eigenvalue weighted by atomic mass is 16.5. The summed E-state index contributed by atoms with van der Waals surface area (Å²) in [6.07, 6.45) is 9.07. The number of rotatable bonds is 6. The first-order valence-electron chi connectivity index (χ1n) is 12.2. The van der Waals surface area contributed by atoms with E-state index in [1.807, 2.05) is 52.0 Å². The molecule has 1 N–H and O–H groups in total. The Kier molecular flexibility index (Phi) is 6.44. The number of unbranched alkanes of at least 4 members (excludes halogenated alkanes) is 1. The van der Waals surface area contributed by atoms with Crippen molar-refractivity contribution >= 4 is 17.7 Å². The van der Waals surface area contributed by atoms with Crippen LogP contribution in [-0.2, 0) is 19.1 Å². The molecule has 1 unspecified atom stereocenters. The molecule has 0 aromatic rings. The van der Waals surface area contributed by atoms with Crippen LogP contribution in [0.4, 0.5) is 0 Å². The number of likely N-dealkylation sites (tertiary alicyclic amines) is 1. The highest BCUT2D eigenvalue weighted by Crippen LogP contribution is 2.53. The average Bonchev–Trinajstić information content (AvgIpc) is 3.05. The molecule has 4 heterocycles. The maximum absolute atomic E-state index is 14.0. The average molecular weight is 460 g/mol. The lowest BCUT2D eigenvalue weighted by molar-refractivity contribution is -0.151. The molecule has 0 aliphatic carbocycles. The summed E-state index contributed by atoms with van der Waals surface area (Å²) in [5, 5.41) is 9.27. The van der Waals surface area contributed by atoms with Crippen LogP contribution in [0.2, 0.25) is 0 Å². The molecule has 1 spiro atoms. The molecule has 8 nitrogen and oxygen atoms in total. The molecular weight excluding hydrogens is 422 g/mol. The number of fused-ring (bicyclic) bond motifs is 2. The van der Waals surface area contributed by atoms with Gasteiger partial charge in [0, 0.05) is 38.3 Å². The first-order valence-corrected chi connectivity index (χ1v) is 12.2. The Bertz CT molecular complexity index is 863. The van der Waals surface area contributed by atoms with Crippen LogP contribution in [-0.4, -0.2) is 93.6 Å². The van der Waals surface area contributed by atoms with Gasteiger partial charge in [-0.25, -0.2) is 0 Å². The van der Waals surface area contributed by atoms with Crippen molar-refractivity contribution in [3.8, 4) is 0 Å². The van der Waals surface area contributed by atoms with Crippen LogP contribution in [0.5, 0.6) is 0 Å². The Balaban J connectivity index is 1.79. The summed E-state index contributed by atoms with van der Waals surface area (Å²) in [7, 11) is 0. The Morgan fingerprint density at radius 3 is 2.48 bits per heavy atom. The van der Waals surface area contributed by atoms with E-state index >= 15 is 0 Å². The van der Waals surface area contributed by atoms with Crippen molar-refractivity contribution in [2.75, 3.05) is 32.8 Å². The summed E-state index contributed by atoms with van der Waals surface area (Å²) < 4.78 is 6.60. The highest BCUT2D eigenvalue weighted by molar-refractivity contribution is 6.00. The third-order valence-corrected chi connectivity index (χ3v) is 7.35. The SMILES string of the molecule is CCCN1CC=C[C@H]2O[C@]34C=CCN(C(C)(C)C)C(=O)C3N(CCCCO)C(=O)[C@@H]4[C@H]2C1=O. The maximum atomic E-state index is 14.0. The molecule has 182 valence electrons. The van der Waals surface area contributed by atoms with E-state index in [0.29, 0.717) is 39.0 Å². The van der Waals surface area contributed by atoms with Crippen molar-refractivity contribution < 1.29 is 24.2 Å². The molecule has 0 saturated carbocycles. The van der Waals surface area contributed by atoms with Crippen molar-refractivity contribution in [3.05, 3.63) is 24.3 Å². The van der Waals surface area contributed by atoms with Crippen molar-refractivity contribution in [2.45, 2.75) is 70.2 Å². The normalized spacial score (nSPS) is 33.8. The van der Waals surface area contributed by atoms with Crippen LogP contribution < -0.4 is 0 Å². The number of aliphatic hydroxyl groups excluding tert-OH is 1. The molecule has 2 saturated heterocycles. The largest absolute Gasteiger partial charge is 0.396 e. The lowest BCUT2D eigenvalue weighted by atomic mass is 9.77. The minimum Gasteiger partial charge on any atom is -0.396 e. The predicted octanol–water partition coefficient (Wildman–Crippen LogP) is 1.35. The van der Waals surface area contributed by atoms with Crippen LogP contribution in [0.15, 0.2) is 24.3 Å². The quantitative estimate of drug-likeness (QED) is 0.478. The summed E-state index contributed by atoms with van der Waals surface area (Å²) in [5.41, 5.74) is -1.60. The molecule has 0 bridgehead atoms. The second kappa shape index (κ2) is 8.87. The van der Waals surface area contributed by atoms with Crippen molar-refractivity contribution in [2.24, 2.45) is 11.8 Å². The van der Waals surface area contributed by atoms with E-state index in [1.54, 1.807) is 14.7 Å². The standard InChI is InChI=1S/C25H37N3O5/c1-5-12-26-13-8-10-17-18(21(26)30)19-22(31)27(14-6-7-16-29)20-23(32)28(24(2,3)4)15-9-11-25(19,20)33-17/h8-11,17-20,29H,5-7,12-16H2,1-4H3/t17-,18+,19+,20?,25+/m1/s1. The zero-order valence-corrected chi connectivity index (χ0v) is 20.2. The van der Waals surface area contributed by atoms with E-state index < -0.39 is 35.1 Å². The summed E-state index contributed by atoms with van der Waals surface area (Å²) in [6.45, 7) is 9.91. The third-order valence-electron chi connectivity index (χ3n) is 7.35. The number of carbonyl (C=O) groups excluding carboxylic acids is 3. The number of carbonyl (C=O) groups is 3. The van der Waals surface area contributed by atoms with Gasteiger partial charge >= 0.3 is 0 Å². The molecule has 8 heteroatoms. The smallest absolute Gasteiger partial charge is 0.249 e. The molecule has 2 fully saturated rings. The van der Waals surface area contributed by atoms with Crippen LogP contribution >= 0.6 is 0 Å². The molecule has 0 radical (unpaired) electrons. The Morgan fingerprint density at radius 2 is 1.82 bits per heavy atom. The van der Waals surface area contributed by atoms with Crippen LogP contribution in [0.1, 0.15) is 47.0 Å². The van der Waals surface area contributed by atoms with E-state index in [2.05, 4.69) is 0 Å². The molecule has 5 atom stereocenters. The molecule has 4 aliphatic rings. The Morgan fingerprint density at radius 1 is 1.06 bits per heavy atom. The molecule has 33 heavy (non-hydrogen) atoms. The first kappa shape index (κ1) is 24.0. The summed E-state index contributed by atoms with van der Waals surface area (Å²) in [5.74, 6) is -1.80. The predicted molar refractivity (Wildman–Crippen MR) is 123 cm³/mol. The number of amides is 3. The fourth-order valence-electron chi connectivity index (χ4n) is 5.90. The van der Waals surface area contributed by atoms with Gasteiger partial charge in [0.2, 0.25) is 17.7 Å². The van der Waals surface area contributed by atoms with Crippen LogP contribution in [0.25, 0.3) is 0 Å². The zero-order chi connectivity index (χ0) is 24.0. The number of aliphatic hydroxyl groups is 1. The molecular formula is C25H37N3O5. The summed E-state index contributed by atoms with van der Waals surface area (Å²) in [4.78, 5) is 46.7. The van der Waals surface area contributed by atoms with E-state index in [9.17, 15) is 19.5 Å². The van der Waals surface area contributed by atoms with Gasteiger partial charge in [-0.15, -0.1) is 0 Å². The first-order chi connectivity index (χ1) is 15.7. The third kappa shape index (κ3) is 3.81. The van der Waals surface area contributed by atoms with E-state index in [0.717, 1.165) is 6.42 Å². The molecule has 0 aromatic heterocycles. The highest BCUT2D eigenvalue weighted by Gasteiger charge is 2.71. The van der Waals surface area contributed by atoms with Crippen molar-refractivity contribution in [3.63, 3.8) is 0 Å². The van der Waals surface area contributed by atoms with Gasteiger partial charge in [-0.1, -0.05) is 31.2 Å². The van der Waals surface area contributed by atoms with Crippen LogP contribution in [0.3, 0.4) is 0 Å². The topological polar surface area (TPSA) is 90.4 Å². The van der Waals surface area contributed by atoms with E-state index in [4.69, 9.17) is 4.74 Å². The zero-order valence-electron chi connectivity index (χ0n) is 20.2. The van der Waals surface area contributed by atoms with Crippen molar-refractivity contribution in [1.82, 2.24) is 14.7 Å². The van der Waals surface area contributed by atoms with Gasteiger partial charge in [0.25, 0.3) is 0 Å². The molecule has 3 amide bonds. The Labute approximate surface area is 196 Å². The van der Waals surface area contributed by atoms with Gasteiger partial charge in [0.05, 0.1) is 17.9 Å². The number of ether oxygens (including phenoxy) is 1. The molecule has 4 rings (SSSR count). The number of hydrogen-bond acceptors (Lipinski definition) is 5. The molecule has 0 aromatic carbocycles. The minimum absolute atomic E-state index is 0.0275. The van der Waals surface area contributed by atoms with Gasteiger partial charge < -0.3 is 24.5 Å². The van der Waals surface area contributed by atoms with E-state index in [1.165, 1.54) is 0 Å². The van der Waals surface area contributed by atoms with Gasteiger partial charge in [-0.2, -0.15) is 0 Å². The summed E-state index contributed by atoms with van der Waals surface area (Å²) in [6, 6.07) is -0.820. The van der Waals surface area contributed by atoms with Gasteiger partial charge in [0.15, 0.2) is 0 Å². The van der Waals surface area contributed by atoms with Crippen molar-refractivity contribution in [1.29, 1.82) is 0 Å². The second-order valence-corrected chi connectivity index (χ2v) is 10.5. The number of hydrogen-bond donors (Lipinski definition) is 1. The number of nitrogens with zero attached hydrogens (tertiary/aromatic N) is 3. The van der Waals surface area contributed by atoms with E-state index in [-0.39, 0.29) is 24.3 Å². The maximum Gasteiger partial charge on any atom is 0.249 e. The lowest BCUT2D eigenvalue weighted by Gasteiger charge is -2.40. The van der Waals surface area contributed by atoms with Gasteiger partial charge in [-0.05, 0) is 40.0 Å². The monoisotopic (exact) mass is 459 g/mol. The second-order valence-electron chi connectivity index (χ2n) is 10.5.